The lowest BCUT2D eigenvalue weighted by Crippen LogP contribution is -2.18. The van der Waals surface area contributed by atoms with Gasteiger partial charge in [0.25, 0.3) is 5.89 Å². The number of aromatic amines is 1. The Balaban J connectivity index is 0.00000112. The molecule has 2 aromatic rings. The summed E-state index contributed by atoms with van der Waals surface area (Å²) >= 11 is 0. The Morgan fingerprint density at radius 1 is 1.60 bits per heavy atom. The van der Waals surface area contributed by atoms with Crippen LogP contribution in [0.15, 0.2) is 23.0 Å². The second-order valence-electron chi connectivity index (χ2n) is 3.30. The minimum Gasteiger partial charge on any atom is -0.367 e. The van der Waals surface area contributed by atoms with Gasteiger partial charge in [-0.3, -0.25) is 0 Å². The largest absolute Gasteiger partial charge is 0.367 e. The third-order valence-corrected chi connectivity index (χ3v) is 1.82. The predicted octanol–water partition coefficient (Wildman–Crippen LogP) is 1.38. The molecule has 0 aromatic carbocycles. The number of nitrogens with two attached hydrogens (primary N) is 1. The highest BCUT2D eigenvalue weighted by atomic mass is 35.5. The Labute approximate surface area is 93.5 Å². The van der Waals surface area contributed by atoms with Crippen LogP contribution in [-0.4, -0.2) is 21.2 Å². The molecule has 0 radical (unpaired) electrons. The molecule has 0 saturated carbocycles. The van der Waals surface area contributed by atoms with Crippen molar-refractivity contribution in [2.75, 3.05) is 0 Å². The minimum atomic E-state index is 0. The van der Waals surface area contributed by atoms with Crippen molar-refractivity contribution in [3.8, 4) is 11.5 Å². The second kappa shape index (κ2) is 4.95. The Kier molecular flexibility index (Phi) is 3.88. The van der Waals surface area contributed by atoms with Gasteiger partial charge in [0.2, 0.25) is 0 Å². The molecule has 2 rings (SSSR count). The van der Waals surface area contributed by atoms with Gasteiger partial charge < -0.3 is 15.2 Å². The summed E-state index contributed by atoms with van der Waals surface area (Å²) in [5.74, 6) is 1.18. The third kappa shape index (κ3) is 2.81. The molecule has 0 spiro atoms. The Bertz CT molecular complexity index is 396. The van der Waals surface area contributed by atoms with Crippen molar-refractivity contribution < 1.29 is 4.52 Å². The highest BCUT2D eigenvalue weighted by Crippen LogP contribution is 2.15. The molecule has 0 bridgehead atoms. The highest BCUT2D eigenvalue weighted by Gasteiger charge is 2.09. The van der Waals surface area contributed by atoms with Gasteiger partial charge >= 0.3 is 0 Å². The molecule has 0 aliphatic carbocycles. The maximum absolute atomic E-state index is 5.62. The summed E-state index contributed by atoms with van der Waals surface area (Å²) in [6.07, 6.45) is 4.25. The van der Waals surface area contributed by atoms with Gasteiger partial charge in [-0.05, 0) is 13.0 Å². The van der Waals surface area contributed by atoms with Gasteiger partial charge in [-0.1, -0.05) is 5.16 Å². The van der Waals surface area contributed by atoms with Gasteiger partial charge in [-0.25, -0.2) is 0 Å². The fourth-order valence-electron chi connectivity index (χ4n) is 1.20. The number of hydrogen-bond donors (Lipinski definition) is 2. The van der Waals surface area contributed by atoms with E-state index in [1.165, 1.54) is 0 Å². The van der Waals surface area contributed by atoms with Crippen molar-refractivity contribution in [3.63, 3.8) is 0 Å². The number of nitrogens with zero attached hydrogens (tertiary/aromatic N) is 2. The molecule has 1 atom stereocenters. The fourth-order valence-corrected chi connectivity index (χ4v) is 1.20. The van der Waals surface area contributed by atoms with E-state index < -0.39 is 0 Å². The van der Waals surface area contributed by atoms with E-state index in [0.29, 0.717) is 18.1 Å². The van der Waals surface area contributed by atoms with Gasteiger partial charge in [0.05, 0.1) is 5.56 Å². The van der Waals surface area contributed by atoms with Gasteiger partial charge in [0.1, 0.15) is 0 Å². The zero-order chi connectivity index (χ0) is 9.97. The van der Waals surface area contributed by atoms with E-state index in [9.17, 15) is 0 Å². The van der Waals surface area contributed by atoms with Crippen molar-refractivity contribution >= 4 is 12.4 Å². The maximum Gasteiger partial charge on any atom is 0.259 e. The van der Waals surface area contributed by atoms with Crippen LogP contribution in [0.3, 0.4) is 0 Å². The van der Waals surface area contributed by atoms with Crippen LogP contribution in [-0.2, 0) is 6.42 Å². The summed E-state index contributed by atoms with van der Waals surface area (Å²) in [6, 6.07) is 1.93. The van der Waals surface area contributed by atoms with Crippen LogP contribution in [0.4, 0.5) is 0 Å². The molecule has 6 heteroatoms. The van der Waals surface area contributed by atoms with Crippen molar-refractivity contribution in [1.29, 1.82) is 0 Å². The molecule has 0 amide bonds. The number of H-pyrrole nitrogens is 1. The van der Waals surface area contributed by atoms with E-state index in [1.807, 2.05) is 25.4 Å². The molecule has 0 aliphatic heterocycles. The van der Waals surface area contributed by atoms with Crippen LogP contribution in [0.1, 0.15) is 12.7 Å². The standard InChI is InChI=1S/C9H12N4O.ClH/c1-6(10)4-8-12-9(14-13-8)7-2-3-11-5-7;/h2-3,5-6,11H,4,10H2,1H3;1H. The molecule has 2 aromatic heterocycles. The smallest absolute Gasteiger partial charge is 0.259 e. The van der Waals surface area contributed by atoms with Gasteiger partial charge in [-0.15, -0.1) is 12.4 Å². The molecule has 5 nitrogen and oxygen atoms in total. The molecule has 2 heterocycles. The summed E-state index contributed by atoms with van der Waals surface area (Å²) in [6.45, 7) is 1.91. The molecular weight excluding hydrogens is 216 g/mol. The van der Waals surface area contributed by atoms with E-state index in [2.05, 4.69) is 15.1 Å². The number of nitrogens with one attached hydrogen (secondary N) is 1. The average Bonchev–Trinajstić information content (AvgIpc) is 2.69. The SMILES string of the molecule is CC(N)Cc1noc(-c2cc[nH]c2)n1.Cl. The van der Waals surface area contributed by atoms with Crippen molar-refractivity contribution in [1.82, 2.24) is 15.1 Å². The Hall–Kier alpha value is -1.33. The van der Waals surface area contributed by atoms with Crippen LogP contribution < -0.4 is 5.73 Å². The zero-order valence-corrected chi connectivity index (χ0v) is 9.12. The Morgan fingerprint density at radius 2 is 2.40 bits per heavy atom. The highest BCUT2D eigenvalue weighted by molar-refractivity contribution is 5.85. The monoisotopic (exact) mass is 228 g/mol. The quantitative estimate of drug-likeness (QED) is 0.832. The lowest BCUT2D eigenvalue weighted by atomic mass is 10.2. The molecule has 1 unspecified atom stereocenters. The Morgan fingerprint density at radius 3 is 3.00 bits per heavy atom. The first kappa shape index (κ1) is 11.7. The molecular formula is C9H13ClN4O. The van der Waals surface area contributed by atoms with Crippen LogP contribution in [0.5, 0.6) is 0 Å². The average molecular weight is 229 g/mol. The predicted molar refractivity (Wildman–Crippen MR) is 58.7 cm³/mol. The minimum absolute atomic E-state index is 0. The maximum atomic E-state index is 5.62. The molecule has 0 fully saturated rings. The van der Waals surface area contributed by atoms with E-state index >= 15 is 0 Å². The van der Waals surface area contributed by atoms with E-state index in [4.69, 9.17) is 10.3 Å². The molecule has 15 heavy (non-hydrogen) atoms. The lowest BCUT2D eigenvalue weighted by molar-refractivity contribution is 0.420. The summed E-state index contributed by atoms with van der Waals surface area (Å²) in [5.41, 5.74) is 6.52. The lowest BCUT2D eigenvalue weighted by Gasteiger charge is -1.96. The topological polar surface area (TPSA) is 80.7 Å². The number of halogens is 1. The third-order valence-electron chi connectivity index (χ3n) is 1.82. The van der Waals surface area contributed by atoms with Crippen LogP contribution >= 0.6 is 12.4 Å². The number of aromatic nitrogens is 3. The summed E-state index contributed by atoms with van der Waals surface area (Å²) in [4.78, 5) is 7.14. The normalized spacial score (nSPS) is 12.1. The van der Waals surface area contributed by atoms with Crippen LogP contribution in [0.25, 0.3) is 11.5 Å². The zero-order valence-electron chi connectivity index (χ0n) is 8.30. The molecule has 82 valence electrons. The fraction of sp³-hybridized carbons (Fsp3) is 0.333. The second-order valence-corrected chi connectivity index (χ2v) is 3.30. The number of hydrogen-bond acceptors (Lipinski definition) is 4. The first-order valence-electron chi connectivity index (χ1n) is 4.47. The first-order valence-corrected chi connectivity index (χ1v) is 4.47. The van der Waals surface area contributed by atoms with Gasteiger partial charge in [0, 0.05) is 24.9 Å². The van der Waals surface area contributed by atoms with Gasteiger partial charge in [0.15, 0.2) is 5.82 Å². The summed E-state index contributed by atoms with van der Waals surface area (Å²) in [7, 11) is 0. The van der Waals surface area contributed by atoms with Crippen LogP contribution in [0, 0.1) is 0 Å². The van der Waals surface area contributed by atoms with Crippen molar-refractivity contribution in [2.24, 2.45) is 5.73 Å². The van der Waals surface area contributed by atoms with Crippen molar-refractivity contribution in [2.45, 2.75) is 19.4 Å². The molecule has 0 saturated heterocycles. The molecule has 0 aliphatic rings. The van der Waals surface area contributed by atoms with Crippen molar-refractivity contribution in [3.05, 3.63) is 24.3 Å². The van der Waals surface area contributed by atoms with E-state index in [-0.39, 0.29) is 18.4 Å². The summed E-state index contributed by atoms with van der Waals surface area (Å²) in [5, 5.41) is 3.83. The van der Waals surface area contributed by atoms with Gasteiger partial charge in [-0.2, -0.15) is 4.98 Å². The molecule has 3 N–H and O–H groups in total. The summed E-state index contributed by atoms with van der Waals surface area (Å²) < 4.78 is 5.07. The van der Waals surface area contributed by atoms with E-state index in [0.717, 1.165) is 5.56 Å². The van der Waals surface area contributed by atoms with E-state index in [1.54, 1.807) is 0 Å². The first-order chi connectivity index (χ1) is 6.75. The van der Waals surface area contributed by atoms with Crippen LogP contribution in [0.2, 0.25) is 0 Å². The number of rotatable bonds is 3.